The van der Waals surface area contributed by atoms with Crippen LogP contribution in [0.2, 0.25) is 0 Å². The van der Waals surface area contributed by atoms with Crippen LogP contribution in [0.1, 0.15) is 41.1 Å². The van der Waals surface area contributed by atoms with Crippen LogP contribution in [0.5, 0.6) is 0 Å². The minimum absolute atomic E-state index is 0.0367. The highest BCUT2D eigenvalue weighted by Crippen LogP contribution is 2.26. The zero-order valence-corrected chi connectivity index (χ0v) is 18.0. The summed E-state index contributed by atoms with van der Waals surface area (Å²) in [4.78, 5) is 29.8. The molecule has 10 heteroatoms. The highest BCUT2D eigenvalue weighted by Gasteiger charge is 2.38. The van der Waals surface area contributed by atoms with Crippen molar-refractivity contribution in [3.63, 3.8) is 0 Å². The fourth-order valence-corrected chi connectivity index (χ4v) is 4.47. The molecule has 0 N–H and O–H groups in total. The summed E-state index contributed by atoms with van der Waals surface area (Å²) in [7, 11) is 1.53. The molecule has 2 saturated heterocycles. The van der Waals surface area contributed by atoms with Gasteiger partial charge in [-0.3, -0.25) is 14.3 Å². The Balaban J connectivity index is 1.48. The molecular formula is C21H29N5O5. The third-order valence-corrected chi connectivity index (χ3v) is 6.05. The predicted octanol–water partition coefficient (Wildman–Crippen LogP) is 1.10. The van der Waals surface area contributed by atoms with Gasteiger partial charge in [0.1, 0.15) is 12.4 Å². The van der Waals surface area contributed by atoms with Crippen LogP contribution in [0, 0.1) is 6.92 Å². The molecule has 0 saturated carbocycles. The normalized spacial score (nSPS) is 19.7. The molecule has 2 aliphatic rings. The van der Waals surface area contributed by atoms with Crippen LogP contribution in [0.15, 0.2) is 23.0 Å². The number of hydrogen-bond donors (Lipinski definition) is 0. The molecule has 0 radical (unpaired) electrons. The molecule has 1 atom stereocenters. The second-order valence-corrected chi connectivity index (χ2v) is 8.04. The maximum Gasteiger partial charge on any atom is 0.276 e. The second-order valence-electron chi connectivity index (χ2n) is 8.04. The minimum atomic E-state index is -0.173. The first-order chi connectivity index (χ1) is 15.1. The summed E-state index contributed by atoms with van der Waals surface area (Å²) in [5, 5.41) is 8.25. The van der Waals surface area contributed by atoms with Gasteiger partial charge in [-0.25, -0.2) is 0 Å². The Kier molecular flexibility index (Phi) is 6.67. The largest absolute Gasteiger partial charge is 0.381 e. The first-order valence-corrected chi connectivity index (χ1v) is 10.7. The number of aromatic nitrogens is 3. The van der Waals surface area contributed by atoms with E-state index in [9.17, 15) is 9.59 Å². The molecule has 2 aliphatic heterocycles. The zero-order chi connectivity index (χ0) is 21.8. The van der Waals surface area contributed by atoms with Gasteiger partial charge in [0, 0.05) is 57.4 Å². The van der Waals surface area contributed by atoms with E-state index in [0.29, 0.717) is 44.3 Å². The number of nitrogens with zero attached hydrogens (tertiary/aromatic N) is 5. The molecule has 1 unspecified atom stereocenters. The summed E-state index contributed by atoms with van der Waals surface area (Å²) < 4.78 is 17.6. The van der Waals surface area contributed by atoms with Crippen molar-refractivity contribution < 1.29 is 23.6 Å². The molecule has 2 aromatic heterocycles. The van der Waals surface area contributed by atoms with E-state index in [4.69, 9.17) is 14.0 Å². The fourth-order valence-electron chi connectivity index (χ4n) is 4.47. The highest BCUT2D eigenvalue weighted by molar-refractivity contribution is 5.94. The average molecular weight is 431 g/mol. The summed E-state index contributed by atoms with van der Waals surface area (Å²) in [5.41, 5.74) is 1.04. The van der Waals surface area contributed by atoms with Gasteiger partial charge in [-0.2, -0.15) is 5.10 Å². The van der Waals surface area contributed by atoms with E-state index in [1.807, 2.05) is 17.2 Å². The SMILES string of the molecule is COCC(=O)N(C1CCOCC1)C1CCN(C(=O)c2noc(C)c2Cn2cccn2)C1. The van der Waals surface area contributed by atoms with Crippen LogP contribution in [-0.4, -0.2) is 88.7 Å². The van der Waals surface area contributed by atoms with Crippen LogP contribution in [0.4, 0.5) is 0 Å². The molecule has 0 aromatic carbocycles. The monoisotopic (exact) mass is 431 g/mol. The molecule has 31 heavy (non-hydrogen) atoms. The third kappa shape index (κ3) is 4.64. The number of amides is 2. The second kappa shape index (κ2) is 9.61. The van der Waals surface area contributed by atoms with Crippen LogP contribution in [0.25, 0.3) is 0 Å². The lowest BCUT2D eigenvalue weighted by molar-refractivity contribution is -0.142. The number of rotatable bonds is 7. The minimum Gasteiger partial charge on any atom is -0.381 e. The Morgan fingerprint density at radius 3 is 2.77 bits per heavy atom. The van der Waals surface area contributed by atoms with E-state index >= 15 is 0 Å². The van der Waals surface area contributed by atoms with E-state index in [0.717, 1.165) is 24.8 Å². The molecule has 0 bridgehead atoms. The number of methoxy groups -OCH3 is 1. The molecule has 0 aliphatic carbocycles. The maximum absolute atomic E-state index is 13.3. The Labute approximate surface area is 181 Å². The van der Waals surface area contributed by atoms with Gasteiger partial charge in [0.05, 0.1) is 12.6 Å². The van der Waals surface area contributed by atoms with Crippen molar-refractivity contribution in [1.82, 2.24) is 24.7 Å². The quantitative estimate of drug-likeness (QED) is 0.647. The van der Waals surface area contributed by atoms with Crippen molar-refractivity contribution in [1.29, 1.82) is 0 Å². The van der Waals surface area contributed by atoms with Crippen molar-refractivity contribution in [2.45, 2.75) is 44.8 Å². The molecule has 4 rings (SSSR count). The Morgan fingerprint density at radius 1 is 1.26 bits per heavy atom. The lowest BCUT2D eigenvalue weighted by atomic mass is 10.0. The highest BCUT2D eigenvalue weighted by atomic mass is 16.5. The van der Waals surface area contributed by atoms with Gasteiger partial charge in [0.2, 0.25) is 5.91 Å². The van der Waals surface area contributed by atoms with Gasteiger partial charge >= 0.3 is 0 Å². The van der Waals surface area contributed by atoms with Gasteiger partial charge in [0.25, 0.3) is 5.91 Å². The summed E-state index contributed by atoms with van der Waals surface area (Å²) >= 11 is 0. The fraction of sp³-hybridized carbons (Fsp3) is 0.619. The average Bonchev–Trinajstić information content (AvgIpc) is 3.52. The first kappa shape index (κ1) is 21.5. The van der Waals surface area contributed by atoms with E-state index in [2.05, 4.69) is 10.3 Å². The van der Waals surface area contributed by atoms with Gasteiger partial charge in [-0.05, 0) is 32.3 Å². The molecule has 168 valence electrons. The summed E-state index contributed by atoms with van der Waals surface area (Å²) in [6.07, 6.45) is 5.85. The van der Waals surface area contributed by atoms with Gasteiger partial charge in [0.15, 0.2) is 5.69 Å². The summed E-state index contributed by atoms with van der Waals surface area (Å²) in [5.74, 6) is 0.395. The van der Waals surface area contributed by atoms with Crippen LogP contribution in [-0.2, 0) is 20.8 Å². The van der Waals surface area contributed by atoms with Crippen molar-refractivity contribution >= 4 is 11.8 Å². The maximum atomic E-state index is 13.3. The van der Waals surface area contributed by atoms with E-state index in [1.54, 1.807) is 22.7 Å². The van der Waals surface area contributed by atoms with Crippen molar-refractivity contribution in [3.05, 3.63) is 35.5 Å². The third-order valence-electron chi connectivity index (χ3n) is 6.05. The zero-order valence-electron chi connectivity index (χ0n) is 18.0. The number of aryl methyl sites for hydroxylation is 1. The molecule has 4 heterocycles. The Morgan fingerprint density at radius 2 is 2.06 bits per heavy atom. The van der Waals surface area contributed by atoms with Crippen LogP contribution < -0.4 is 0 Å². The summed E-state index contributed by atoms with van der Waals surface area (Å²) in [6.45, 7) is 4.58. The Hall–Kier alpha value is -2.72. The van der Waals surface area contributed by atoms with Crippen molar-refractivity contribution in [2.24, 2.45) is 0 Å². The first-order valence-electron chi connectivity index (χ1n) is 10.7. The van der Waals surface area contributed by atoms with Crippen molar-refractivity contribution in [3.8, 4) is 0 Å². The van der Waals surface area contributed by atoms with Gasteiger partial charge in [-0.15, -0.1) is 0 Å². The smallest absolute Gasteiger partial charge is 0.276 e. The number of carbonyl (C=O) groups excluding carboxylic acids is 2. The van der Waals surface area contributed by atoms with Crippen LogP contribution in [0.3, 0.4) is 0 Å². The molecule has 2 fully saturated rings. The van der Waals surface area contributed by atoms with E-state index < -0.39 is 0 Å². The lowest BCUT2D eigenvalue weighted by Crippen LogP contribution is -2.51. The molecular weight excluding hydrogens is 402 g/mol. The van der Waals surface area contributed by atoms with Gasteiger partial charge < -0.3 is 23.8 Å². The lowest BCUT2D eigenvalue weighted by Gasteiger charge is -2.38. The van der Waals surface area contributed by atoms with E-state index in [1.165, 1.54) is 7.11 Å². The number of ether oxygens (including phenoxy) is 2. The Bertz CT molecular complexity index is 890. The van der Waals surface area contributed by atoms with Crippen molar-refractivity contribution in [2.75, 3.05) is 40.0 Å². The predicted molar refractivity (Wildman–Crippen MR) is 109 cm³/mol. The standard InChI is InChI=1S/C21H29N5O5/c1-15-18(13-25-8-3-7-22-25)20(23-31-15)21(28)24-9-4-17(12-24)26(19(27)14-29-2)16-5-10-30-11-6-16/h3,7-8,16-17H,4-6,9-14H2,1-2H3. The number of hydrogen-bond acceptors (Lipinski definition) is 7. The van der Waals surface area contributed by atoms with Gasteiger partial charge in [-0.1, -0.05) is 5.16 Å². The molecule has 10 nitrogen and oxygen atoms in total. The topological polar surface area (TPSA) is 103 Å². The van der Waals surface area contributed by atoms with Crippen LogP contribution >= 0.6 is 0 Å². The van der Waals surface area contributed by atoms with E-state index in [-0.39, 0.29) is 30.5 Å². The number of likely N-dealkylation sites (tertiary alicyclic amines) is 1. The molecule has 0 spiro atoms. The molecule has 2 aromatic rings. The molecule has 2 amide bonds. The summed E-state index contributed by atoms with van der Waals surface area (Å²) in [6, 6.07) is 1.90. The number of carbonyl (C=O) groups is 2.